The second-order valence-electron chi connectivity index (χ2n) is 9.57. The van der Waals surface area contributed by atoms with Crippen molar-refractivity contribution in [2.45, 2.75) is 32.1 Å². The Balaban J connectivity index is 1.14. The molecule has 5 heterocycles. The number of H-pyrrole nitrogens is 2. The molecular weight excluding hydrogens is 438 g/mol. The number of hydrogen-bond acceptors (Lipinski definition) is 5. The highest BCUT2D eigenvalue weighted by atomic mass is 16.2. The SMILES string of the molecule is O=C(CCN1CCCCC1)N1CC=C(c2cc3c(Nc4ccc5[nH]ncc5c4)ccnc3[nH]2)CC1. The minimum absolute atomic E-state index is 0.269. The molecule has 4 aromatic rings. The molecule has 0 saturated carbocycles. The van der Waals surface area contributed by atoms with Crippen LogP contribution in [-0.4, -0.2) is 68.6 Å². The minimum atomic E-state index is 0.269. The summed E-state index contributed by atoms with van der Waals surface area (Å²) in [6.07, 6.45) is 11.2. The average Bonchev–Trinajstić information content (AvgIpc) is 3.55. The molecule has 8 heteroatoms. The number of amides is 1. The Morgan fingerprint density at radius 2 is 2.00 bits per heavy atom. The van der Waals surface area contributed by atoms with E-state index in [1.54, 1.807) is 0 Å². The molecule has 0 unspecified atom stereocenters. The minimum Gasteiger partial charge on any atom is -0.355 e. The normalized spacial score (nSPS) is 17.1. The van der Waals surface area contributed by atoms with Gasteiger partial charge in [-0.05, 0) is 68.3 Å². The molecule has 0 atom stereocenters. The summed E-state index contributed by atoms with van der Waals surface area (Å²) in [4.78, 5) is 25.2. The third-order valence-electron chi connectivity index (χ3n) is 7.25. The molecule has 0 aliphatic carbocycles. The lowest BCUT2D eigenvalue weighted by molar-refractivity contribution is -0.131. The maximum atomic E-state index is 12.7. The van der Waals surface area contributed by atoms with Crippen molar-refractivity contribution in [2.75, 3.05) is 38.0 Å². The number of aromatic amines is 2. The number of nitrogens with one attached hydrogen (secondary N) is 3. The maximum absolute atomic E-state index is 12.7. The first kappa shape index (κ1) is 21.9. The van der Waals surface area contributed by atoms with Crippen LogP contribution in [0.2, 0.25) is 0 Å². The van der Waals surface area contributed by atoms with Gasteiger partial charge in [-0.15, -0.1) is 0 Å². The van der Waals surface area contributed by atoms with Gasteiger partial charge in [0.25, 0.3) is 0 Å². The first-order valence-corrected chi connectivity index (χ1v) is 12.6. The standard InChI is InChI=1S/C27H31N7O/c35-26(9-13-33-11-2-1-3-12-33)34-14-7-19(8-15-34)25-17-22-24(6-10-28-27(22)31-25)30-21-4-5-23-20(16-21)18-29-32-23/h4-7,10,16-18H,1-3,8-9,11-15H2,(H,29,32)(H2,28,30,31). The summed E-state index contributed by atoms with van der Waals surface area (Å²) in [6.45, 7) is 4.61. The second-order valence-corrected chi connectivity index (χ2v) is 9.57. The van der Waals surface area contributed by atoms with Gasteiger partial charge >= 0.3 is 0 Å². The quantitative estimate of drug-likeness (QED) is 0.381. The fraction of sp³-hybridized carbons (Fsp3) is 0.370. The number of likely N-dealkylation sites (tertiary alicyclic amines) is 1. The van der Waals surface area contributed by atoms with Crippen molar-refractivity contribution in [1.29, 1.82) is 0 Å². The van der Waals surface area contributed by atoms with Gasteiger partial charge in [0, 0.05) is 54.4 Å². The van der Waals surface area contributed by atoms with Crippen molar-refractivity contribution < 1.29 is 4.79 Å². The summed E-state index contributed by atoms with van der Waals surface area (Å²) in [5, 5.41) is 12.7. The van der Waals surface area contributed by atoms with Crippen molar-refractivity contribution >= 4 is 44.8 Å². The lowest BCUT2D eigenvalue weighted by Crippen LogP contribution is -2.38. The number of carbonyl (C=O) groups is 1. The molecule has 0 radical (unpaired) electrons. The number of rotatable bonds is 6. The molecule has 2 aliphatic rings. The van der Waals surface area contributed by atoms with Crippen molar-refractivity contribution in [3.05, 3.63) is 54.5 Å². The molecule has 1 aromatic carbocycles. The zero-order chi connectivity index (χ0) is 23.6. The number of hydrogen-bond donors (Lipinski definition) is 3. The van der Waals surface area contributed by atoms with Crippen LogP contribution < -0.4 is 5.32 Å². The van der Waals surface area contributed by atoms with E-state index < -0.39 is 0 Å². The van der Waals surface area contributed by atoms with Gasteiger partial charge in [-0.1, -0.05) is 12.5 Å². The predicted molar refractivity (Wildman–Crippen MR) is 140 cm³/mol. The fourth-order valence-corrected chi connectivity index (χ4v) is 5.22. The molecule has 0 bridgehead atoms. The summed E-state index contributed by atoms with van der Waals surface area (Å²) < 4.78 is 0. The van der Waals surface area contributed by atoms with E-state index in [-0.39, 0.29) is 5.91 Å². The zero-order valence-corrected chi connectivity index (χ0v) is 19.9. The van der Waals surface area contributed by atoms with Crippen LogP contribution in [0.5, 0.6) is 0 Å². The van der Waals surface area contributed by atoms with E-state index in [1.165, 1.54) is 24.8 Å². The van der Waals surface area contributed by atoms with E-state index in [0.717, 1.165) is 71.6 Å². The van der Waals surface area contributed by atoms with E-state index >= 15 is 0 Å². The van der Waals surface area contributed by atoms with Crippen molar-refractivity contribution in [3.8, 4) is 0 Å². The Labute approximate surface area is 204 Å². The highest BCUT2D eigenvalue weighted by molar-refractivity contribution is 5.95. The van der Waals surface area contributed by atoms with Gasteiger partial charge in [0.15, 0.2) is 0 Å². The van der Waals surface area contributed by atoms with Crippen LogP contribution in [0.15, 0.2) is 48.8 Å². The van der Waals surface area contributed by atoms with Gasteiger partial charge in [-0.2, -0.15) is 5.10 Å². The number of fused-ring (bicyclic) bond motifs is 2. The molecule has 1 amide bonds. The number of anilines is 2. The average molecular weight is 470 g/mol. The van der Waals surface area contributed by atoms with Gasteiger partial charge in [0.05, 0.1) is 17.4 Å². The molecular formula is C27H31N7O. The molecule has 2 aliphatic heterocycles. The lowest BCUT2D eigenvalue weighted by Gasteiger charge is -2.29. The number of nitrogens with zero attached hydrogens (tertiary/aromatic N) is 4. The summed E-state index contributed by atoms with van der Waals surface area (Å²) in [5.41, 5.74) is 6.20. The van der Waals surface area contributed by atoms with Crippen LogP contribution in [0, 0.1) is 0 Å². The molecule has 8 nitrogen and oxygen atoms in total. The Morgan fingerprint density at radius 3 is 2.86 bits per heavy atom. The zero-order valence-electron chi connectivity index (χ0n) is 19.9. The second kappa shape index (κ2) is 9.54. The Kier molecular flexibility index (Phi) is 5.96. The number of aromatic nitrogens is 4. The first-order valence-electron chi connectivity index (χ1n) is 12.6. The predicted octanol–water partition coefficient (Wildman–Crippen LogP) is 4.67. The van der Waals surface area contributed by atoms with Gasteiger partial charge in [-0.25, -0.2) is 4.98 Å². The highest BCUT2D eigenvalue weighted by Gasteiger charge is 2.20. The van der Waals surface area contributed by atoms with E-state index in [2.05, 4.69) is 48.6 Å². The van der Waals surface area contributed by atoms with E-state index in [9.17, 15) is 4.79 Å². The topological polar surface area (TPSA) is 92.9 Å². The maximum Gasteiger partial charge on any atom is 0.224 e. The summed E-state index contributed by atoms with van der Waals surface area (Å²) in [6, 6.07) is 10.3. The number of pyridine rings is 1. The largest absolute Gasteiger partial charge is 0.355 e. The summed E-state index contributed by atoms with van der Waals surface area (Å²) in [5.74, 6) is 0.269. The van der Waals surface area contributed by atoms with E-state index in [4.69, 9.17) is 0 Å². The molecule has 3 N–H and O–H groups in total. The third-order valence-corrected chi connectivity index (χ3v) is 7.25. The van der Waals surface area contributed by atoms with E-state index in [1.807, 2.05) is 35.5 Å². The lowest BCUT2D eigenvalue weighted by atomic mass is 10.0. The number of benzene rings is 1. The van der Waals surface area contributed by atoms with E-state index in [0.29, 0.717) is 13.0 Å². The number of piperidine rings is 1. The molecule has 6 rings (SSSR count). The van der Waals surface area contributed by atoms with Crippen LogP contribution in [0.1, 0.15) is 37.8 Å². The third kappa shape index (κ3) is 4.66. The van der Waals surface area contributed by atoms with Gasteiger partial charge < -0.3 is 20.1 Å². The van der Waals surface area contributed by atoms with Gasteiger partial charge in [0.2, 0.25) is 5.91 Å². The van der Waals surface area contributed by atoms with Crippen molar-refractivity contribution in [3.63, 3.8) is 0 Å². The van der Waals surface area contributed by atoms with Crippen LogP contribution >= 0.6 is 0 Å². The van der Waals surface area contributed by atoms with Crippen LogP contribution in [0.3, 0.4) is 0 Å². The number of carbonyl (C=O) groups excluding carboxylic acids is 1. The summed E-state index contributed by atoms with van der Waals surface area (Å²) in [7, 11) is 0. The molecule has 180 valence electrons. The van der Waals surface area contributed by atoms with Crippen LogP contribution in [0.4, 0.5) is 11.4 Å². The van der Waals surface area contributed by atoms with Crippen molar-refractivity contribution in [2.24, 2.45) is 0 Å². The van der Waals surface area contributed by atoms with Crippen molar-refractivity contribution in [1.82, 2.24) is 30.0 Å². The van der Waals surface area contributed by atoms with Gasteiger partial charge in [-0.3, -0.25) is 9.89 Å². The Bertz CT molecular complexity index is 1380. The molecule has 0 spiro atoms. The van der Waals surface area contributed by atoms with Crippen LogP contribution in [-0.2, 0) is 4.79 Å². The molecule has 35 heavy (non-hydrogen) atoms. The highest BCUT2D eigenvalue weighted by Crippen LogP contribution is 2.31. The first-order chi connectivity index (χ1) is 17.2. The Hall–Kier alpha value is -3.65. The molecule has 3 aromatic heterocycles. The smallest absolute Gasteiger partial charge is 0.224 e. The molecule has 1 fully saturated rings. The molecule has 1 saturated heterocycles. The monoisotopic (exact) mass is 469 g/mol. The summed E-state index contributed by atoms with van der Waals surface area (Å²) >= 11 is 0. The van der Waals surface area contributed by atoms with Gasteiger partial charge in [0.1, 0.15) is 5.65 Å². The fourth-order valence-electron chi connectivity index (χ4n) is 5.22. The van der Waals surface area contributed by atoms with Crippen LogP contribution in [0.25, 0.3) is 27.5 Å². The Morgan fingerprint density at radius 1 is 1.09 bits per heavy atom.